The number of H-pyrrole nitrogens is 1. The van der Waals surface area contributed by atoms with Crippen molar-refractivity contribution in [2.45, 2.75) is 155 Å². The second-order valence-corrected chi connectivity index (χ2v) is 13.5. The number of nitrogens with one attached hydrogen (secondary N) is 1. The third kappa shape index (κ3) is 17.3. The summed E-state index contributed by atoms with van der Waals surface area (Å²) in [6, 6.07) is -0.727. The van der Waals surface area contributed by atoms with Crippen LogP contribution in [0.25, 0.3) is 11.2 Å². The van der Waals surface area contributed by atoms with Crippen molar-refractivity contribution in [1.29, 1.82) is 0 Å². The SMILES string of the molecule is CCCCCCCC/C=C/CCCCCCCCCCCC(=O)OCCC(COC(=O)[C@@H](N)C(C)C)Cn1cnc2c(=O)[nH]c(N)nc21. The molecule has 2 rings (SSSR count). The average Bonchev–Trinajstić information content (AvgIpc) is 3.46. The van der Waals surface area contributed by atoms with Crippen molar-refractivity contribution in [3.63, 3.8) is 0 Å². The number of anilines is 1. The molecule has 5 N–H and O–H groups in total. The number of unbranched alkanes of at least 4 members (excludes halogenated alkanes) is 15. The number of nitrogen functional groups attached to an aromatic ring is 1. The van der Waals surface area contributed by atoms with Crippen molar-refractivity contribution in [2.24, 2.45) is 17.6 Å². The highest BCUT2D eigenvalue weighted by molar-refractivity contribution is 5.75. The van der Waals surface area contributed by atoms with Crippen LogP contribution < -0.4 is 17.0 Å². The highest BCUT2D eigenvalue weighted by atomic mass is 16.5. The van der Waals surface area contributed by atoms with Crippen LogP contribution in [0.1, 0.15) is 143 Å². The predicted molar refractivity (Wildman–Crippen MR) is 193 cm³/mol. The Bertz CT molecular complexity index is 1260. The van der Waals surface area contributed by atoms with Crippen molar-refractivity contribution < 1.29 is 19.1 Å². The monoisotopic (exact) mass is 672 g/mol. The molecular formula is C37H64N6O5. The number of allylic oxidation sites excluding steroid dienone is 2. The van der Waals surface area contributed by atoms with Crippen molar-refractivity contribution in [1.82, 2.24) is 19.5 Å². The molecule has 0 aromatic carbocycles. The number of aromatic nitrogens is 4. The molecular weight excluding hydrogens is 608 g/mol. The van der Waals surface area contributed by atoms with Crippen LogP contribution in [0, 0.1) is 11.8 Å². The van der Waals surface area contributed by atoms with Gasteiger partial charge in [0, 0.05) is 18.9 Å². The van der Waals surface area contributed by atoms with Gasteiger partial charge in [-0.05, 0) is 44.4 Å². The molecule has 0 amide bonds. The highest BCUT2D eigenvalue weighted by Gasteiger charge is 2.22. The number of nitrogens with zero attached hydrogens (tertiary/aromatic N) is 3. The number of esters is 2. The van der Waals surface area contributed by atoms with Crippen LogP contribution in [0.4, 0.5) is 5.95 Å². The number of imidazole rings is 1. The van der Waals surface area contributed by atoms with E-state index in [0.29, 0.717) is 25.0 Å². The van der Waals surface area contributed by atoms with Crippen LogP contribution in [0.3, 0.4) is 0 Å². The minimum absolute atomic E-state index is 0.0123. The van der Waals surface area contributed by atoms with E-state index in [2.05, 4.69) is 34.0 Å². The zero-order valence-electron chi connectivity index (χ0n) is 30.1. The van der Waals surface area contributed by atoms with Crippen LogP contribution in [0.5, 0.6) is 0 Å². The van der Waals surface area contributed by atoms with E-state index in [-0.39, 0.29) is 42.5 Å². The number of hydrogen-bond donors (Lipinski definition) is 3. The summed E-state index contributed by atoms with van der Waals surface area (Å²) in [5.74, 6) is -1.00. The van der Waals surface area contributed by atoms with E-state index in [1.54, 1.807) is 4.57 Å². The molecule has 0 saturated carbocycles. The molecule has 2 aromatic heterocycles. The molecule has 0 aliphatic heterocycles. The number of nitrogens with two attached hydrogens (primary N) is 2. The average molecular weight is 673 g/mol. The lowest BCUT2D eigenvalue weighted by atomic mass is 10.1. The normalized spacial score (nSPS) is 13.0. The van der Waals surface area contributed by atoms with Gasteiger partial charge in [-0.1, -0.05) is 110 Å². The van der Waals surface area contributed by atoms with Gasteiger partial charge in [-0.3, -0.25) is 19.4 Å². The maximum Gasteiger partial charge on any atom is 0.323 e. The van der Waals surface area contributed by atoms with Crippen molar-refractivity contribution in [3.05, 3.63) is 28.8 Å². The smallest absolute Gasteiger partial charge is 0.323 e. The van der Waals surface area contributed by atoms with Gasteiger partial charge >= 0.3 is 11.9 Å². The maximum atomic E-state index is 12.4. The number of aromatic amines is 1. The molecule has 0 aliphatic carbocycles. The predicted octanol–water partition coefficient (Wildman–Crippen LogP) is 7.38. The zero-order valence-corrected chi connectivity index (χ0v) is 30.1. The minimum Gasteiger partial charge on any atom is -0.466 e. The third-order valence-electron chi connectivity index (χ3n) is 8.83. The molecule has 272 valence electrons. The second kappa shape index (κ2) is 24.9. The van der Waals surface area contributed by atoms with E-state index < -0.39 is 17.6 Å². The first-order valence-electron chi connectivity index (χ1n) is 18.7. The lowest BCUT2D eigenvalue weighted by molar-refractivity contribution is -0.149. The van der Waals surface area contributed by atoms with Crippen LogP contribution in [-0.4, -0.2) is 50.7 Å². The molecule has 0 aliphatic rings. The summed E-state index contributed by atoms with van der Waals surface area (Å²) in [4.78, 5) is 47.8. The van der Waals surface area contributed by atoms with Gasteiger partial charge in [0.1, 0.15) is 6.04 Å². The van der Waals surface area contributed by atoms with E-state index in [1.807, 2.05) is 13.8 Å². The highest BCUT2D eigenvalue weighted by Crippen LogP contribution is 2.16. The van der Waals surface area contributed by atoms with Gasteiger partial charge in [-0.25, -0.2) is 4.98 Å². The fourth-order valence-corrected chi connectivity index (χ4v) is 5.64. The molecule has 11 heteroatoms. The Labute approximate surface area is 288 Å². The molecule has 0 radical (unpaired) electrons. The molecule has 0 fully saturated rings. The summed E-state index contributed by atoms with van der Waals surface area (Å²) in [6.45, 7) is 6.58. The largest absolute Gasteiger partial charge is 0.466 e. The molecule has 48 heavy (non-hydrogen) atoms. The van der Waals surface area contributed by atoms with Gasteiger partial charge in [0.2, 0.25) is 5.95 Å². The van der Waals surface area contributed by atoms with E-state index in [0.717, 1.165) is 19.3 Å². The lowest BCUT2D eigenvalue weighted by Gasteiger charge is -2.20. The second-order valence-electron chi connectivity index (χ2n) is 13.5. The fraction of sp³-hybridized carbons (Fsp3) is 0.757. The molecule has 0 bridgehead atoms. The Morgan fingerprint density at radius 3 is 2.08 bits per heavy atom. The number of fused-ring (bicyclic) bond motifs is 1. The molecule has 11 nitrogen and oxygen atoms in total. The Morgan fingerprint density at radius 2 is 1.48 bits per heavy atom. The Morgan fingerprint density at radius 1 is 0.896 bits per heavy atom. The molecule has 2 aromatic rings. The molecule has 2 heterocycles. The van der Waals surface area contributed by atoms with Gasteiger partial charge in [0.25, 0.3) is 5.56 Å². The summed E-state index contributed by atoms with van der Waals surface area (Å²) < 4.78 is 12.7. The van der Waals surface area contributed by atoms with E-state index >= 15 is 0 Å². The van der Waals surface area contributed by atoms with E-state index in [9.17, 15) is 14.4 Å². The molecule has 0 saturated heterocycles. The topological polar surface area (TPSA) is 168 Å². The van der Waals surface area contributed by atoms with Crippen LogP contribution in [0.15, 0.2) is 23.3 Å². The first-order chi connectivity index (χ1) is 23.2. The van der Waals surface area contributed by atoms with Gasteiger partial charge < -0.3 is 25.5 Å². The van der Waals surface area contributed by atoms with Gasteiger partial charge in [0.15, 0.2) is 11.2 Å². The Balaban J connectivity index is 1.58. The van der Waals surface area contributed by atoms with Crippen LogP contribution in [0.2, 0.25) is 0 Å². The summed E-state index contributed by atoms with van der Waals surface area (Å²) in [5, 5.41) is 0. The summed E-state index contributed by atoms with van der Waals surface area (Å²) in [7, 11) is 0. The van der Waals surface area contributed by atoms with Crippen LogP contribution >= 0.6 is 0 Å². The summed E-state index contributed by atoms with van der Waals surface area (Å²) >= 11 is 0. The number of hydrogen-bond acceptors (Lipinski definition) is 9. The van der Waals surface area contributed by atoms with Gasteiger partial charge in [-0.15, -0.1) is 0 Å². The molecule has 2 atom stereocenters. The third-order valence-corrected chi connectivity index (χ3v) is 8.83. The number of carbonyl (C=O) groups is 2. The maximum absolute atomic E-state index is 12.4. The van der Waals surface area contributed by atoms with Gasteiger partial charge in [0.05, 0.1) is 19.5 Å². The van der Waals surface area contributed by atoms with Crippen LogP contribution in [-0.2, 0) is 25.6 Å². The minimum atomic E-state index is -0.727. The van der Waals surface area contributed by atoms with E-state index in [4.69, 9.17) is 20.9 Å². The quantitative estimate of drug-likeness (QED) is 0.0474. The number of rotatable bonds is 28. The zero-order chi connectivity index (χ0) is 35.0. The Kier molecular flexibility index (Phi) is 21.2. The summed E-state index contributed by atoms with van der Waals surface area (Å²) in [5.41, 5.74) is 11.8. The standard InChI is InChI=1S/C37H64N6O5/c1-4-5-6-7-8-9-10-11-12-13-14-15-16-17-18-19-20-21-22-23-31(44)47-25-24-30(27-48-36(46)32(38)29(2)3)26-43-28-40-33-34(43)41-37(39)42-35(33)45/h11-12,28-30,32H,4-10,13-27,38H2,1-3H3,(H3,39,41,42,45)/b12-11+/t30?,32-/m0/s1. The lowest BCUT2D eigenvalue weighted by Crippen LogP contribution is -2.38. The van der Waals surface area contributed by atoms with Gasteiger partial charge in [-0.2, -0.15) is 4.98 Å². The first-order valence-corrected chi connectivity index (χ1v) is 18.7. The Hall–Kier alpha value is -3.21. The van der Waals surface area contributed by atoms with Crippen molar-refractivity contribution in [3.8, 4) is 0 Å². The first kappa shape index (κ1) is 41.0. The van der Waals surface area contributed by atoms with Crippen molar-refractivity contribution in [2.75, 3.05) is 18.9 Å². The fourth-order valence-electron chi connectivity index (χ4n) is 5.64. The number of ether oxygens (including phenoxy) is 2. The summed E-state index contributed by atoms with van der Waals surface area (Å²) in [6.07, 6.45) is 28.4. The molecule has 0 spiro atoms. The van der Waals surface area contributed by atoms with Crippen molar-refractivity contribution >= 4 is 29.1 Å². The number of carbonyl (C=O) groups excluding carboxylic acids is 2. The molecule has 1 unspecified atom stereocenters. The van der Waals surface area contributed by atoms with E-state index in [1.165, 1.54) is 96.2 Å².